The summed E-state index contributed by atoms with van der Waals surface area (Å²) >= 11 is 0. The number of fused-ring (bicyclic) bond motifs is 1. The van der Waals surface area contributed by atoms with Crippen molar-refractivity contribution in [2.24, 2.45) is 17.8 Å². The summed E-state index contributed by atoms with van der Waals surface area (Å²) in [6.07, 6.45) is 2.50. The molecule has 3 N–H and O–H groups in total. The zero-order valence-electron chi connectivity index (χ0n) is 16.1. The standard InChI is InChI=1S/C18H32FN3O4S/c1-11(2)4-3-7-20-13-6-5-12-8-15(23)18(17(19)14(12)9-13)22-10-16(24)21-27(22,25)26/h11-15,17-18,20,23H,3-10H2,1-2H3,(H,21,24). The minimum atomic E-state index is -4.06. The molecule has 1 heterocycles. The normalized spacial score (nSPS) is 39.4. The highest BCUT2D eigenvalue weighted by molar-refractivity contribution is 7.88. The molecule has 27 heavy (non-hydrogen) atoms. The Labute approximate surface area is 161 Å². The van der Waals surface area contributed by atoms with Crippen molar-refractivity contribution in [1.29, 1.82) is 0 Å². The SMILES string of the molecule is CC(C)CCCNC1CCC2CC(O)C(N3CC(=O)NS3(=O)=O)C(F)C2C1. The van der Waals surface area contributed by atoms with Gasteiger partial charge in [0, 0.05) is 6.04 Å². The number of halogens is 1. The Bertz CT molecular complexity index is 645. The number of carbonyl (C=O) groups excluding carboxylic acids is 1. The first kappa shape index (κ1) is 21.0. The summed E-state index contributed by atoms with van der Waals surface area (Å²) in [5, 5.41) is 14.0. The number of rotatable bonds is 6. The second-order valence-corrected chi connectivity index (χ2v) is 10.4. The van der Waals surface area contributed by atoms with Gasteiger partial charge >= 0.3 is 10.2 Å². The molecule has 0 aromatic rings. The number of aliphatic hydroxyl groups excluding tert-OH is 1. The fraction of sp³-hybridized carbons (Fsp3) is 0.944. The number of alkyl halides is 1. The van der Waals surface area contributed by atoms with Crippen LogP contribution in [-0.2, 0) is 15.0 Å². The quantitative estimate of drug-likeness (QED) is 0.572. The minimum absolute atomic E-state index is 0.0638. The molecule has 0 spiro atoms. The van der Waals surface area contributed by atoms with Gasteiger partial charge in [-0.3, -0.25) is 4.79 Å². The van der Waals surface area contributed by atoms with Crippen LogP contribution in [0.2, 0.25) is 0 Å². The Morgan fingerprint density at radius 3 is 2.70 bits per heavy atom. The number of aliphatic hydroxyl groups is 1. The molecule has 156 valence electrons. The lowest BCUT2D eigenvalue weighted by Gasteiger charge is -2.48. The lowest BCUT2D eigenvalue weighted by atomic mass is 9.66. The Balaban J connectivity index is 1.64. The van der Waals surface area contributed by atoms with Crippen LogP contribution in [0.3, 0.4) is 0 Å². The van der Waals surface area contributed by atoms with Gasteiger partial charge in [-0.05, 0) is 62.8 Å². The zero-order chi connectivity index (χ0) is 19.8. The first-order chi connectivity index (χ1) is 12.7. The highest BCUT2D eigenvalue weighted by atomic mass is 32.2. The molecule has 6 atom stereocenters. The molecule has 0 aromatic carbocycles. The van der Waals surface area contributed by atoms with Gasteiger partial charge in [0.05, 0.1) is 18.7 Å². The van der Waals surface area contributed by atoms with Gasteiger partial charge in [0.1, 0.15) is 6.17 Å². The molecule has 0 aromatic heterocycles. The van der Waals surface area contributed by atoms with E-state index in [2.05, 4.69) is 19.2 Å². The van der Waals surface area contributed by atoms with E-state index in [0.717, 1.165) is 36.5 Å². The van der Waals surface area contributed by atoms with E-state index in [9.17, 15) is 18.3 Å². The topological polar surface area (TPSA) is 98.7 Å². The molecule has 1 amide bonds. The number of amides is 1. The summed E-state index contributed by atoms with van der Waals surface area (Å²) in [4.78, 5) is 11.5. The van der Waals surface area contributed by atoms with Crippen LogP contribution in [-0.4, -0.2) is 61.2 Å². The smallest absolute Gasteiger partial charge is 0.304 e. The van der Waals surface area contributed by atoms with E-state index < -0.39 is 41.0 Å². The molecule has 7 nitrogen and oxygen atoms in total. The van der Waals surface area contributed by atoms with Crippen molar-refractivity contribution in [1.82, 2.24) is 14.3 Å². The molecule has 1 saturated heterocycles. The first-order valence-electron chi connectivity index (χ1n) is 10.1. The third-order valence-corrected chi connectivity index (χ3v) is 7.77. The Morgan fingerprint density at radius 1 is 1.33 bits per heavy atom. The summed E-state index contributed by atoms with van der Waals surface area (Å²) in [7, 11) is -4.06. The first-order valence-corrected chi connectivity index (χ1v) is 11.5. The van der Waals surface area contributed by atoms with Crippen molar-refractivity contribution in [2.75, 3.05) is 13.1 Å². The van der Waals surface area contributed by atoms with E-state index >= 15 is 4.39 Å². The maximum atomic E-state index is 15.4. The predicted octanol–water partition coefficient (Wildman–Crippen LogP) is 0.945. The lowest BCUT2D eigenvalue weighted by Crippen LogP contribution is -2.59. The van der Waals surface area contributed by atoms with Crippen molar-refractivity contribution in [3.05, 3.63) is 0 Å². The fourth-order valence-corrected chi connectivity index (χ4v) is 6.28. The molecule has 2 saturated carbocycles. The van der Waals surface area contributed by atoms with Gasteiger partial charge in [0.15, 0.2) is 0 Å². The predicted molar refractivity (Wildman–Crippen MR) is 99.8 cm³/mol. The number of carbonyl (C=O) groups is 1. The van der Waals surface area contributed by atoms with Gasteiger partial charge in [0.25, 0.3) is 0 Å². The van der Waals surface area contributed by atoms with Crippen LogP contribution in [0.15, 0.2) is 0 Å². The molecule has 0 bridgehead atoms. The second-order valence-electron chi connectivity index (χ2n) is 8.74. The van der Waals surface area contributed by atoms with Crippen LogP contribution < -0.4 is 10.0 Å². The summed E-state index contributed by atoms with van der Waals surface area (Å²) < 4.78 is 42.3. The summed E-state index contributed by atoms with van der Waals surface area (Å²) in [6, 6.07) is -0.961. The van der Waals surface area contributed by atoms with E-state index in [4.69, 9.17) is 0 Å². The van der Waals surface area contributed by atoms with E-state index in [-0.39, 0.29) is 17.9 Å². The largest absolute Gasteiger partial charge is 0.391 e. The molecule has 9 heteroatoms. The number of nitrogens with one attached hydrogen (secondary N) is 2. The Morgan fingerprint density at radius 2 is 2.07 bits per heavy atom. The van der Waals surface area contributed by atoms with Gasteiger partial charge in [-0.25, -0.2) is 9.11 Å². The van der Waals surface area contributed by atoms with Crippen molar-refractivity contribution >= 4 is 16.1 Å². The highest BCUT2D eigenvalue weighted by Crippen LogP contribution is 2.44. The Hall–Kier alpha value is -0.770. The summed E-state index contributed by atoms with van der Waals surface area (Å²) in [5.41, 5.74) is 0. The van der Waals surface area contributed by atoms with Crippen LogP contribution in [0, 0.1) is 17.8 Å². The molecular weight excluding hydrogens is 373 g/mol. The van der Waals surface area contributed by atoms with E-state index in [1.807, 2.05) is 4.72 Å². The Kier molecular flexibility index (Phi) is 6.45. The fourth-order valence-electron chi connectivity index (χ4n) is 4.95. The van der Waals surface area contributed by atoms with Crippen LogP contribution in [0.1, 0.15) is 52.4 Å². The maximum absolute atomic E-state index is 15.4. The van der Waals surface area contributed by atoms with E-state index in [1.165, 1.54) is 0 Å². The lowest BCUT2D eigenvalue weighted by molar-refractivity contribution is -0.119. The van der Waals surface area contributed by atoms with Crippen molar-refractivity contribution in [3.8, 4) is 0 Å². The summed E-state index contributed by atoms with van der Waals surface area (Å²) in [5.74, 6) is -0.239. The molecule has 3 fully saturated rings. The average molecular weight is 406 g/mol. The molecule has 3 rings (SSSR count). The molecule has 6 unspecified atom stereocenters. The van der Waals surface area contributed by atoms with Gasteiger partial charge in [0.2, 0.25) is 5.91 Å². The minimum Gasteiger partial charge on any atom is -0.391 e. The monoisotopic (exact) mass is 405 g/mol. The van der Waals surface area contributed by atoms with Gasteiger partial charge in [-0.15, -0.1) is 0 Å². The molecule has 0 radical (unpaired) electrons. The van der Waals surface area contributed by atoms with Crippen LogP contribution in [0.5, 0.6) is 0 Å². The van der Waals surface area contributed by atoms with Crippen molar-refractivity contribution in [3.63, 3.8) is 0 Å². The summed E-state index contributed by atoms with van der Waals surface area (Å²) in [6.45, 7) is 4.87. The highest BCUT2D eigenvalue weighted by Gasteiger charge is 2.53. The average Bonchev–Trinajstić information content (AvgIpc) is 2.84. The molecule has 3 aliphatic rings. The number of hydrogen-bond donors (Lipinski definition) is 3. The third kappa shape index (κ3) is 4.63. The molecule has 1 aliphatic heterocycles. The van der Waals surface area contributed by atoms with Crippen molar-refractivity contribution < 1.29 is 22.7 Å². The van der Waals surface area contributed by atoms with Crippen LogP contribution >= 0.6 is 0 Å². The van der Waals surface area contributed by atoms with Gasteiger partial charge in [-0.2, -0.15) is 12.7 Å². The van der Waals surface area contributed by atoms with Gasteiger partial charge < -0.3 is 10.4 Å². The zero-order valence-corrected chi connectivity index (χ0v) is 16.9. The maximum Gasteiger partial charge on any atom is 0.304 e. The van der Waals surface area contributed by atoms with Crippen LogP contribution in [0.25, 0.3) is 0 Å². The third-order valence-electron chi connectivity index (χ3n) is 6.30. The number of nitrogens with zero attached hydrogens (tertiary/aromatic N) is 1. The van der Waals surface area contributed by atoms with Gasteiger partial charge in [-0.1, -0.05) is 13.8 Å². The second kappa shape index (κ2) is 8.31. The number of hydrogen-bond acceptors (Lipinski definition) is 5. The molecule has 2 aliphatic carbocycles. The van der Waals surface area contributed by atoms with Crippen molar-refractivity contribution in [2.45, 2.75) is 76.7 Å². The molecular formula is C18H32FN3O4S. The van der Waals surface area contributed by atoms with Crippen LogP contribution in [0.4, 0.5) is 4.39 Å². The van der Waals surface area contributed by atoms with E-state index in [0.29, 0.717) is 18.8 Å². The van der Waals surface area contributed by atoms with E-state index in [1.54, 1.807) is 0 Å².